The fraction of sp³-hybridized carbons (Fsp3) is 0.200. The smallest absolute Gasteiger partial charge is 0.226 e. The number of ether oxygens (including phenoxy) is 3. The van der Waals surface area contributed by atoms with E-state index in [1.165, 1.54) is 6.33 Å². The topological polar surface area (TPSA) is 70.4 Å². The highest BCUT2D eigenvalue weighted by Crippen LogP contribution is 2.37. The minimum atomic E-state index is -0.124. The van der Waals surface area contributed by atoms with E-state index in [1.54, 1.807) is 21.3 Å². The molecule has 0 saturated heterocycles. The fourth-order valence-corrected chi connectivity index (χ4v) is 3.17. The lowest BCUT2D eigenvalue weighted by Gasteiger charge is -2.25. The molecule has 1 N–H and O–H groups in total. The maximum atomic E-state index is 5.56. The van der Waals surface area contributed by atoms with Crippen molar-refractivity contribution in [2.24, 2.45) is 0 Å². The largest absolute Gasteiger partial charge is 0.497 e. The standard InChI is InChI=1S/C20H20N4O3/c1-25-14-6-4-5-13(9-14)18-11-17(23-20-21-12-22-24(18)20)16-8-7-15(26-2)10-19(16)27-3/h4-12,18H,1-3H3,(H,21,22,23)/t18-/m0/s1. The number of fused-ring (bicyclic) bond motifs is 1. The van der Waals surface area contributed by atoms with Crippen molar-refractivity contribution in [1.82, 2.24) is 14.8 Å². The van der Waals surface area contributed by atoms with E-state index in [2.05, 4.69) is 21.5 Å². The minimum Gasteiger partial charge on any atom is -0.497 e. The van der Waals surface area contributed by atoms with Gasteiger partial charge in [-0.1, -0.05) is 12.1 Å². The highest BCUT2D eigenvalue weighted by molar-refractivity contribution is 5.80. The average Bonchev–Trinajstić information content (AvgIpc) is 3.21. The van der Waals surface area contributed by atoms with Gasteiger partial charge in [0.2, 0.25) is 5.95 Å². The number of hydrogen-bond acceptors (Lipinski definition) is 6. The van der Waals surface area contributed by atoms with Crippen LogP contribution in [0.5, 0.6) is 17.2 Å². The Hall–Kier alpha value is -3.48. The van der Waals surface area contributed by atoms with E-state index in [0.29, 0.717) is 11.7 Å². The molecule has 0 bridgehead atoms. The summed E-state index contributed by atoms with van der Waals surface area (Å²) in [4.78, 5) is 4.34. The summed E-state index contributed by atoms with van der Waals surface area (Å²) in [5.41, 5.74) is 2.86. The van der Waals surface area contributed by atoms with Gasteiger partial charge in [0.15, 0.2) is 0 Å². The molecule has 1 aliphatic rings. The van der Waals surface area contributed by atoms with E-state index < -0.39 is 0 Å². The third kappa shape index (κ3) is 3.08. The van der Waals surface area contributed by atoms with Crippen molar-refractivity contribution in [3.05, 3.63) is 66.0 Å². The van der Waals surface area contributed by atoms with Crippen LogP contribution in [-0.4, -0.2) is 36.1 Å². The van der Waals surface area contributed by atoms with Crippen molar-refractivity contribution in [3.63, 3.8) is 0 Å². The first kappa shape index (κ1) is 17.0. The summed E-state index contributed by atoms with van der Waals surface area (Å²) < 4.78 is 18.1. The number of benzene rings is 2. The highest BCUT2D eigenvalue weighted by atomic mass is 16.5. The zero-order valence-electron chi connectivity index (χ0n) is 15.3. The van der Waals surface area contributed by atoms with Gasteiger partial charge in [-0.2, -0.15) is 10.1 Å². The first-order valence-electron chi connectivity index (χ1n) is 8.48. The van der Waals surface area contributed by atoms with E-state index >= 15 is 0 Å². The predicted molar refractivity (Wildman–Crippen MR) is 102 cm³/mol. The summed E-state index contributed by atoms with van der Waals surface area (Å²) >= 11 is 0. The summed E-state index contributed by atoms with van der Waals surface area (Å²) in [6.07, 6.45) is 3.64. The van der Waals surface area contributed by atoms with Gasteiger partial charge in [0.1, 0.15) is 29.6 Å². The number of allylic oxidation sites excluding steroid dienone is 1. The van der Waals surface area contributed by atoms with Crippen LogP contribution >= 0.6 is 0 Å². The molecule has 0 fully saturated rings. The molecule has 0 aliphatic carbocycles. The number of rotatable bonds is 5. The van der Waals surface area contributed by atoms with Gasteiger partial charge in [-0.05, 0) is 35.9 Å². The maximum absolute atomic E-state index is 5.56. The van der Waals surface area contributed by atoms with Crippen LogP contribution in [0.3, 0.4) is 0 Å². The summed E-state index contributed by atoms with van der Waals surface area (Å²) in [6, 6.07) is 13.5. The second kappa shape index (κ2) is 7.03. The number of nitrogens with zero attached hydrogens (tertiary/aromatic N) is 3. The molecule has 4 rings (SSSR count). The Morgan fingerprint density at radius 1 is 0.963 bits per heavy atom. The van der Waals surface area contributed by atoms with E-state index in [-0.39, 0.29) is 6.04 Å². The van der Waals surface area contributed by atoms with Crippen molar-refractivity contribution >= 4 is 11.6 Å². The van der Waals surface area contributed by atoms with Crippen LogP contribution in [0.25, 0.3) is 5.70 Å². The van der Waals surface area contributed by atoms with Gasteiger partial charge in [-0.25, -0.2) is 4.68 Å². The first-order valence-corrected chi connectivity index (χ1v) is 8.48. The highest BCUT2D eigenvalue weighted by Gasteiger charge is 2.25. The first-order chi connectivity index (χ1) is 13.2. The third-order valence-electron chi connectivity index (χ3n) is 4.54. The molecule has 2 heterocycles. The van der Waals surface area contributed by atoms with Crippen LogP contribution in [0.4, 0.5) is 5.95 Å². The molecule has 1 atom stereocenters. The SMILES string of the molecule is COc1cccc([C@@H]2C=C(c3ccc(OC)cc3OC)Nc3ncnn32)c1. The minimum absolute atomic E-state index is 0.124. The van der Waals surface area contributed by atoms with Crippen LogP contribution in [0.1, 0.15) is 17.2 Å². The second-order valence-electron chi connectivity index (χ2n) is 6.02. The van der Waals surface area contributed by atoms with Gasteiger partial charge in [-0.3, -0.25) is 0 Å². The predicted octanol–water partition coefficient (Wildman–Crippen LogP) is 3.36. The Morgan fingerprint density at radius 2 is 1.78 bits per heavy atom. The quantitative estimate of drug-likeness (QED) is 0.749. The Labute approximate surface area is 157 Å². The fourth-order valence-electron chi connectivity index (χ4n) is 3.17. The van der Waals surface area contributed by atoms with Gasteiger partial charge in [-0.15, -0.1) is 0 Å². The van der Waals surface area contributed by atoms with Crippen molar-refractivity contribution in [2.75, 3.05) is 26.6 Å². The van der Waals surface area contributed by atoms with E-state index in [4.69, 9.17) is 14.2 Å². The van der Waals surface area contributed by atoms with E-state index in [9.17, 15) is 0 Å². The van der Waals surface area contributed by atoms with Gasteiger partial charge >= 0.3 is 0 Å². The lowest BCUT2D eigenvalue weighted by Crippen LogP contribution is -2.20. The molecule has 0 saturated carbocycles. The van der Waals surface area contributed by atoms with Gasteiger partial charge in [0.05, 0.1) is 27.0 Å². The number of nitrogens with one attached hydrogen (secondary N) is 1. The molecular weight excluding hydrogens is 344 g/mol. The van der Waals surface area contributed by atoms with E-state index in [0.717, 1.165) is 28.3 Å². The number of hydrogen-bond donors (Lipinski definition) is 1. The molecule has 0 radical (unpaired) electrons. The average molecular weight is 364 g/mol. The summed E-state index contributed by atoms with van der Waals surface area (Å²) in [7, 11) is 4.93. The van der Waals surface area contributed by atoms with Crippen LogP contribution < -0.4 is 19.5 Å². The van der Waals surface area contributed by atoms with Gasteiger partial charge in [0.25, 0.3) is 0 Å². The van der Waals surface area contributed by atoms with Crippen LogP contribution in [0, 0.1) is 0 Å². The van der Waals surface area contributed by atoms with Crippen molar-refractivity contribution in [2.45, 2.75) is 6.04 Å². The summed E-state index contributed by atoms with van der Waals surface area (Å²) in [5.74, 6) is 2.91. The molecule has 27 heavy (non-hydrogen) atoms. The molecule has 1 aromatic heterocycles. The van der Waals surface area contributed by atoms with Gasteiger partial charge < -0.3 is 19.5 Å². The van der Waals surface area contributed by atoms with Crippen LogP contribution in [0.15, 0.2) is 54.9 Å². The number of methoxy groups -OCH3 is 3. The Kier molecular flexibility index (Phi) is 4.42. The van der Waals surface area contributed by atoms with Crippen molar-refractivity contribution < 1.29 is 14.2 Å². The van der Waals surface area contributed by atoms with E-state index in [1.807, 2.05) is 47.1 Å². The maximum Gasteiger partial charge on any atom is 0.226 e. The van der Waals surface area contributed by atoms with Crippen LogP contribution in [-0.2, 0) is 0 Å². The number of aromatic nitrogens is 3. The normalized spacial score (nSPS) is 15.4. The van der Waals surface area contributed by atoms with Crippen LogP contribution in [0.2, 0.25) is 0 Å². The lowest BCUT2D eigenvalue weighted by atomic mass is 10.0. The molecule has 1 aliphatic heterocycles. The molecule has 7 heteroatoms. The Morgan fingerprint density at radius 3 is 2.56 bits per heavy atom. The Bertz CT molecular complexity index is 996. The zero-order chi connectivity index (χ0) is 18.8. The molecule has 7 nitrogen and oxygen atoms in total. The molecule has 2 aromatic carbocycles. The Balaban J connectivity index is 1.81. The third-order valence-corrected chi connectivity index (χ3v) is 4.54. The number of anilines is 1. The molecule has 3 aromatic rings. The van der Waals surface area contributed by atoms with Crippen molar-refractivity contribution in [1.29, 1.82) is 0 Å². The van der Waals surface area contributed by atoms with Gasteiger partial charge in [0, 0.05) is 11.6 Å². The molecule has 138 valence electrons. The second-order valence-corrected chi connectivity index (χ2v) is 6.02. The molecule has 0 unspecified atom stereocenters. The lowest BCUT2D eigenvalue weighted by molar-refractivity contribution is 0.393. The molecular formula is C20H20N4O3. The summed E-state index contributed by atoms with van der Waals surface area (Å²) in [6.45, 7) is 0. The van der Waals surface area contributed by atoms with Crippen molar-refractivity contribution in [3.8, 4) is 17.2 Å². The summed E-state index contributed by atoms with van der Waals surface area (Å²) in [5, 5.41) is 7.71. The molecule has 0 amide bonds. The monoisotopic (exact) mass is 364 g/mol. The zero-order valence-corrected chi connectivity index (χ0v) is 15.3. The molecule has 0 spiro atoms.